The van der Waals surface area contributed by atoms with Gasteiger partial charge in [0.1, 0.15) is 0 Å². The van der Waals surface area contributed by atoms with Gasteiger partial charge < -0.3 is 15.5 Å². The monoisotopic (exact) mass is 575 g/mol. The molecule has 2 aromatic rings. The van der Waals surface area contributed by atoms with Crippen molar-refractivity contribution in [3.63, 3.8) is 0 Å². The molecule has 0 atom stereocenters. The van der Waals surface area contributed by atoms with Crippen molar-refractivity contribution >= 4 is 35.8 Å². The lowest BCUT2D eigenvalue weighted by Crippen LogP contribution is -2.38. The number of amides is 1. The van der Waals surface area contributed by atoms with Gasteiger partial charge in [-0.2, -0.15) is 0 Å². The predicted molar refractivity (Wildman–Crippen MR) is 149 cm³/mol. The standard InChI is InChI=1S/C27H37N5O.HI/c1-28-27(30-19-22-10-12-23(13-11-22)20-31-16-4-5-17-31)29-15-6-9-26(33)32-18-14-24-7-2-3-8-25(24)21-32;/h2-3,7-8,10-13H,4-6,9,14-21H2,1H3,(H2,28,29,30);1H. The number of fused-ring (bicyclic) bond motifs is 1. The quantitative estimate of drug-likeness (QED) is 0.217. The van der Waals surface area contributed by atoms with Crippen LogP contribution in [0.5, 0.6) is 0 Å². The fourth-order valence-electron chi connectivity index (χ4n) is 4.68. The Hall–Kier alpha value is -2.13. The van der Waals surface area contributed by atoms with Crippen LogP contribution in [-0.4, -0.2) is 54.9 Å². The van der Waals surface area contributed by atoms with E-state index in [0.717, 1.165) is 51.5 Å². The van der Waals surface area contributed by atoms with E-state index in [0.29, 0.717) is 6.42 Å². The second kappa shape index (κ2) is 13.7. The van der Waals surface area contributed by atoms with Crippen LogP contribution in [0.1, 0.15) is 47.9 Å². The number of likely N-dealkylation sites (tertiary alicyclic amines) is 1. The molecule has 1 amide bonds. The molecule has 2 N–H and O–H groups in total. The first-order valence-corrected chi connectivity index (χ1v) is 12.3. The van der Waals surface area contributed by atoms with E-state index >= 15 is 0 Å². The number of hydrogen-bond acceptors (Lipinski definition) is 3. The Kier molecular flexibility index (Phi) is 10.7. The number of benzene rings is 2. The Morgan fingerprint density at radius 3 is 2.38 bits per heavy atom. The first kappa shape index (κ1) is 26.5. The van der Waals surface area contributed by atoms with Crippen molar-refractivity contribution < 1.29 is 4.79 Å². The van der Waals surface area contributed by atoms with Gasteiger partial charge in [-0.25, -0.2) is 0 Å². The summed E-state index contributed by atoms with van der Waals surface area (Å²) in [5.74, 6) is 1.01. The number of rotatable bonds is 8. The minimum atomic E-state index is 0. The summed E-state index contributed by atoms with van der Waals surface area (Å²) in [5, 5.41) is 6.71. The first-order chi connectivity index (χ1) is 16.2. The molecule has 7 heteroatoms. The highest BCUT2D eigenvalue weighted by Crippen LogP contribution is 2.19. The molecule has 0 unspecified atom stereocenters. The molecule has 2 aliphatic rings. The van der Waals surface area contributed by atoms with Crippen molar-refractivity contribution in [2.45, 2.75) is 51.7 Å². The molecule has 1 fully saturated rings. The van der Waals surface area contributed by atoms with Crippen LogP contribution >= 0.6 is 24.0 Å². The van der Waals surface area contributed by atoms with Gasteiger partial charge in [0.2, 0.25) is 5.91 Å². The molecule has 6 nitrogen and oxygen atoms in total. The Labute approximate surface area is 221 Å². The summed E-state index contributed by atoms with van der Waals surface area (Å²) in [5.41, 5.74) is 5.27. The Morgan fingerprint density at radius 2 is 1.65 bits per heavy atom. The van der Waals surface area contributed by atoms with Gasteiger partial charge in [-0.1, -0.05) is 48.5 Å². The van der Waals surface area contributed by atoms with Gasteiger partial charge in [0.15, 0.2) is 5.96 Å². The third-order valence-electron chi connectivity index (χ3n) is 6.65. The average molecular weight is 576 g/mol. The molecule has 34 heavy (non-hydrogen) atoms. The summed E-state index contributed by atoms with van der Waals surface area (Å²) in [4.78, 5) is 21.4. The number of hydrogen-bond donors (Lipinski definition) is 2. The van der Waals surface area contributed by atoms with Gasteiger partial charge in [-0.3, -0.25) is 14.7 Å². The zero-order chi connectivity index (χ0) is 22.9. The van der Waals surface area contributed by atoms with E-state index in [1.54, 1.807) is 7.05 Å². The minimum absolute atomic E-state index is 0. The third kappa shape index (κ3) is 7.70. The zero-order valence-corrected chi connectivity index (χ0v) is 22.6. The number of aliphatic imine (C=N–C) groups is 1. The highest BCUT2D eigenvalue weighted by atomic mass is 127. The highest BCUT2D eigenvalue weighted by molar-refractivity contribution is 14.0. The summed E-state index contributed by atoms with van der Waals surface area (Å²) >= 11 is 0. The van der Waals surface area contributed by atoms with Crippen molar-refractivity contribution in [1.29, 1.82) is 0 Å². The van der Waals surface area contributed by atoms with Crippen molar-refractivity contribution in [2.24, 2.45) is 4.99 Å². The lowest BCUT2D eigenvalue weighted by Gasteiger charge is -2.29. The van der Waals surface area contributed by atoms with E-state index in [-0.39, 0.29) is 29.9 Å². The third-order valence-corrected chi connectivity index (χ3v) is 6.65. The zero-order valence-electron chi connectivity index (χ0n) is 20.3. The molecule has 2 aromatic carbocycles. The predicted octanol–water partition coefficient (Wildman–Crippen LogP) is 3.93. The SMILES string of the molecule is CN=C(NCCCC(=O)N1CCc2ccccc2C1)NCc1ccc(CN2CCCC2)cc1.I. The van der Waals surface area contributed by atoms with Crippen molar-refractivity contribution in [1.82, 2.24) is 20.4 Å². The smallest absolute Gasteiger partial charge is 0.222 e. The van der Waals surface area contributed by atoms with Crippen LogP contribution in [0.2, 0.25) is 0 Å². The number of guanidine groups is 1. The van der Waals surface area contributed by atoms with Crippen molar-refractivity contribution in [2.75, 3.05) is 33.2 Å². The lowest BCUT2D eigenvalue weighted by atomic mass is 9.99. The summed E-state index contributed by atoms with van der Waals surface area (Å²) in [6.07, 6.45) is 4.97. The van der Waals surface area contributed by atoms with E-state index in [1.165, 1.54) is 48.2 Å². The molecule has 0 radical (unpaired) electrons. The summed E-state index contributed by atoms with van der Waals surface area (Å²) in [6, 6.07) is 17.3. The van der Waals surface area contributed by atoms with E-state index < -0.39 is 0 Å². The second-order valence-electron chi connectivity index (χ2n) is 9.09. The molecular weight excluding hydrogens is 537 g/mol. The molecule has 1 saturated heterocycles. The average Bonchev–Trinajstić information content (AvgIpc) is 3.37. The molecule has 0 aromatic heterocycles. The van der Waals surface area contributed by atoms with Crippen LogP contribution in [0, 0.1) is 0 Å². The van der Waals surface area contributed by atoms with Gasteiger partial charge in [0, 0.05) is 46.2 Å². The molecule has 0 saturated carbocycles. The summed E-state index contributed by atoms with van der Waals surface area (Å²) in [6.45, 7) is 6.53. The van der Waals surface area contributed by atoms with Gasteiger partial charge >= 0.3 is 0 Å². The molecule has 0 aliphatic carbocycles. The molecule has 4 rings (SSSR count). The summed E-state index contributed by atoms with van der Waals surface area (Å²) in [7, 11) is 1.78. The van der Waals surface area contributed by atoms with E-state index in [2.05, 4.69) is 69.1 Å². The van der Waals surface area contributed by atoms with Crippen molar-refractivity contribution in [3.8, 4) is 0 Å². The van der Waals surface area contributed by atoms with Crippen LogP contribution in [0.3, 0.4) is 0 Å². The largest absolute Gasteiger partial charge is 0.356 e. The van der Waals surface area contributed by atoms with E-state index in [1.807, 2.05) is 4.90 Å². The molecule has 0 spiro atoms. The van der Waals surface area contributed by atoms with Crippen LogP contribution < -0.4 is 10.6 Å². The minimum Gasteiger partial charge on any atom is -0.356 e. The Balaban J connectivity index is 0.00000324. The molecule has 184 valence electrons. The van der Waals surface area contributed by atoms with E-state index in [4.69, 9.17) is 0 Å². The number of nitrogens with one attached hydrogen (secondary N) is 2. The number of nitrogens with zero attached hydrogens (tertiary/aromatic N) is 3. The molecule has 2 aliphatic heterocycles. The van der Waals surface area contributed by atoms with Crippen LogP contribution in [-0.2, 0) is 30.8 Å². The highest BCUT2D eigenvalue weighted by Gasteiger charge is 2.19. The Bertz CT molecular complexity index is 940. The van der Waals surface area contributed by atoms with Gasteiger partial charge in [0.05, 0.1) is 0 Å². The first-order valence-electron chi connectivity index (χ1n) is 12.3. The molecule has 0 bridgehead atoms. The normalized spacial score (nSPS) is 16.0. The van der Waals surface area contributed by atoms with E-state index in [9.17, 15) is 4.79 Å². The van der Waals surface area contributed by atoms with Gasteiger partial charge in [-0.05, 0) is 61.0 Å². The Morgan fingerprint density at radius 1 is 0.941 bits per heavy atom. The second-order valence-corrected chi connectivity index (χ2v) is 9.09. The van der Waals surface area contributed by atoms with Crippen LogP contribution in [0.15, 0.2) is 53.5 Å². The fourth-order valence-corrected chi connectivity index (χ4v) is 4.68. The van der Waals surface area contributed by atoms with Gasteiger partial charge in [-0.15, -0.1) is 24.0 Å². The maximum Gasteiger partial charge on any atom is 0.222 e. The molecular formula is C27H38IN5O. The van der Waals surface area contributed by atoms with Crippen molar-refractivity contribution in [3.05, 3.63) is 70.8 Å². The maximum absolute atomic E-state index is 12.6. The topological polar surface area (TPSA) is 60.0 Å². The van der Waals surface area contributed by atoms with Gasteiger partial charge in [0.25, 0.3) is 0 Å². The van der Waals surface area contributed by atoms with Crippen LogP contribution in [0.25, 0.3) is 0 Å². The lowest BCUT2D eigenvalue weighted by molar-refractivity contribution is -0.132. The maximum atomic E-state index is 12.6. The number of carbonyl (C=O) groups is 1. The molecule has 2 heterocycles. The summed E-state index contributed by atoms with van der Waals surface area (Å²) < 4.78 is 0. The van der Waals surface area contributed by atoms with Crippen LogP contribution in [0.4, 0.5) is 0 Å². The number of halogens is 1. The number of carbonyl (C=O) groups excluding carboxylic acids is 1. The fraction of sp³-hybridized carbons (Fsp3) is 0.481.